The van der Waals surface area contributed by atoms with E-state index in [1.807, 2.05) is 25.1 Å². The van der Waals surface area contributed by atoms with Crippen LogP contribution in [0, 0.1) is 12.7 Å². The second-order valence-corrected chi connectivity index (χ2v) is 6.28. The van der Waals surface area contributed by atoms with Gasteiger partial charge < -0.3 is 10.1 Å². The number of halogens is 1. The number of carbonyl (C=O) groups is 1. The molecule has 0 aromatic heterocycles. The van der Waals surface area contributed by atoms with E-state index >= 15 is 0 Å². The molecule has 0 spiro atoms. The number of methoxy groups -OCH3 is 1. The maximum Gasteiger partial charge on any atom is 0.255 e. The maximum atomic E-state index is 13.4. The Bertz CT molecular complexity index is 710. The topological polar surface area (TPSA) is 38.3 Å². The van der Waals surface area contributed by atoms with Crippen LogP contribution in [0.2, 0.25) is 0 Å². The summed E-state index contributed by atoms with van der Waals surface area (Å²) in [7, 11) is 1.46. The van der Waals surface area contributed by atoms with Crippen LogP contribution < -0.4 is 10.1 Å². The molecule has 2 aromatic rings. The van der Waals surface area contributed by atoms with Crippen molar-refractivity contribution >= 4 is 5.91 Å². The van der Waals surface area contributed by atoms with Gasteiger partial charge in [-0.25, -0.2) is 4.39 Å². The first-order chi connectivity index (χ1) is 10.8. The Hall–Kier alpha value is -2.36. The third-order valence-electron chi connectivity index (χ3n) is 3.90. The normalized spacial score (nSPS) is 11.2. The molecular weight excluding hydrogens is 293 g/mol. The summed E-state index contributed by atoms with van der Waals surface area (Å²) in [5, 5.41) is 2.87. The van der Waals surface area contributed by atoms with Crippen LogP contribution in [0.1, 0.15) is 35.3 Å². The SMILES string of the molecule is COc1ccc(F)cc1C(=O)NCC(C)(C)c1cccc(C)c1. The first-order valence-electron chi connectivity index (χ1n) is 7.52. The van der Waals surface area contributed by atoms with E-state index < -0.39 is 5.82 Å². The first-order valence-corrected chi connectivity index (χ1v) is 7.52. The van der Waals surface area contributed by atoms with Gasteiger partial charge in [0.15, 0.2) is 0 Å². The predicted octanol–water partition coefficient (Wildman–Crippen LogP) is 3.85. The Balaban J connectivity index is 2.14. The zero-order chi connectivity index (χ0) is 17.0. The lowest BCUT2D eigenvalue weighted by atomic mass is 9.84. The minimum absolute atomic E-state index is 0.201. The van der Waals surface area contributed by atoms with Crippen molar-refractivity contribution in [1.29, 1.82) is 0 Å². The number of nitrogens with one attached hydrogen (secondary N) is 1. The van der Waals surface area contributed by atoms with E-state index in [0.29, 0.717) is 12.3 Å². The summed E-state index contributed by atoms with van der Waals surface area (Å²) in [5.41, 5.74) is 2.28. The number of aryl methyl sites for hydroxylation is 1. The Kier molecular flexibility index (Phi) is 5.04. The smallest absolute Gasteiger partial charge is 0.255 e. The van der Waals surface area contributed by atoms with Gasteiger partial charge >= 0.3 is 0 Å². The van der Waals surface area contributed by atoms with Gasteiger partial charge in [-0.15, -0.1) is 0 Å². The summed E-state index contributed by atoms with van der Waals surface area (Å²) in [4.78, 5) is 12.4. The highest BCUT2D eigenvalue weighted by Gasteiger charge is 2.23. The second kappa shape index (κ2) is 6.82. The van der Waals surface area contributed by atoms with E-state index in [4.69, 9.17) is 4.74 Å². The number of rotatable bonds is 5. The number of carbonyl (C=O) groups excluding carboxylic acids is 1. The van der Waals surface area contributed by atoms with Crippen molar-refractivity contribution in [3.63, 3.8) is 0 Å². The van der Waals surface area contributed by atoms with E-state index in [1.54, 1.807) is 0 Å². The van der Waals surface area contributed by atoms with Crippen LogP contribution in [-0.2, 0) is 5.41 Å². The van der Waals surface area contributed by atoms with Crippen molar-refractivity contribution in [2.45, 2.75) is 26.2 Å². The van der Waals surface area contributed by atoms with Gasteiger partial charge in [-0.05, 0) is 30.7 Å². The Labute approximate surface area is 136 Å². The summed E-state index contributed by atoms with van der Waals surface area (Å²) in [6.45, 7) is 6.60. The Morgan fingerprint density at radius 3 is 2.61 bits per heavy atom. The summed E-state index contributed by atoms with van der Waals surface area (Å²) in [6.07, 6.45) is 0. The fourth-order valence-corrected chi connectivity index (χ4v) is 2.42. The highest BCUT2D eigenvalue weighted by Crippen LogP contribution is 2.24. The Morgan fingerprint density at radius 1 is 1.22 bits per heavy atom. The summed E-state index contributed by atoms with van der Waals surface area (Å²) in [6, 6.07) is 12.1. The lowest BCUT2D eigenvalue weighted by Crippen LogP contribution is -2.36. The molecule has 0 aliphatic heterocycles. The molecule has 0 bridgehead atoms. The monoisotopic (exact) mass is 315 g/mol. The molecule has 0 aliphatic carbocycles. The third-order valence-corrected chi connectivity index (χ3v) is 3.90. The molecule has 0 unspecified atom stereocenters. The quantitative estimate of drug-likeness (QED) is 0.910. The fourth-order valence-electron chi connectivity index (χ4n) is 2.42. The van der Waals surface area contributed by atoms with Crippen LogP contribution in [0.3, 0.4) is 0 Å². The second-order valence-electron chi connectivity index (χ2n) is 6.28. The van der Waals surface area contributed by atoms with Crippen molar-refractivity contribution in [3.8, 4) is 5.75 Å². The summed E-state index contributed by atoms with van der Waals surface area (Å²) < 4.78 is 18.5. The molecule has 23 heavy (non-hydrogen) atoms. The van der Waals surface area contributed by atoms with Gasteiger partial charge in [-0.2, -0.15) is 0 Å². The van der Waals surface area contributed by atoms with Crippen LogP contribution in [0.25, 0.3) is 0 Å². The number of amides is 1. The molecule has 0 atom stereocenters. The van der Waals surface area contributed by atoms with E-state index in [-0.39, 0.29) is 16.9 Å². The summed E-state index contributed by atoms with van der Waals surface area (Å²) >= 11 is 0. The van der Waals surface area contributed by atoms with Crippen LogP contribution >= 0.6 is 0 Å². The number of hydrogen-bond acceptors (Lipinski definition) is 2. The van der Waals surface area contributed by atoms with Crippen molar-refractivity contribution in [2.24, 2.45) is 0 Å². The molecule has 1 amide bonds. The maximum absolute atomic E-state index is 13.4. The molecule has 0 saturated heterocycles. The molecule has 0 saturated carbocycles. The van der Waals surface area contributed by atoms with Crippen molar-refractivity contribution in [2.75, 3.05) is 13.7 Å². The predicted molar refractivity (Wildman–Crippen MR) is 89.5 cm³/mol. The largest absolute Gasteiger partial charge is 0.496 e. The third kappa shape index (κ3) is 4.09. The average Bonchev–Trinajstić information content (AvgIpc) is 2.52. The molecule has 2 rings (SSSR count). The van der Waals surface area contributed by atoms with Gasteiger partial charge in [0, 0.05) is 12.0 Å². The summed E-state index contributed by atoms with van der Waals surface area (Å²) in [5.74, 6) is -0.451. The van der Waals surface area contributed by atoms with Crippen LogP contribution in [-0.4, -0.2) is 19.6 Å². The zero-order valence-corrected chi connectivity index (χ0v) is 13.9. The van der Waals surface area contributed by atoms with Crippen LogP contribution in [0.4, 0.5) is 4.39 Å². The fraction of sp³-hybridized carbons (Fsp3) is 0.316. The lowest BCUT2D eigenvalue weighted by Gasteiger charge is -2.26. The number of ether oxygens (including phenoxy) is 1. The molecule has 4 heteroatoms. The average molecular weight is 315 g/mol. The van der Waals surface area contributed by atoms with Gasteiger partial charge in [0.05, 0.1) is 12.7 Å². The first kappa shape index (κ1) is 17.0. The van der Waals surface area contributed by atoms with Crippen molar-refractivity contribution < 1.29 is 13.9 Å². The van der Waals surface area contributed by atoms with E-state index in [1.165, 1.54) is 30.9 Å². The number of hydrogen-bond donors (Lipinski definition) is 1. The molecule has 0 fully saturated rings. The zero-order valence-electron chi connectivity index (χ0n) is 13.9. The molecule has 2 aromatic carbocycles. The highest BCUT2D eigenvalue weighted by molar-refractivity contribution is 5.97. The molecule has 0 aliphatic rings. The standard InChI is InChI=1S/C19H22FNO2/c1-13-6-5-7-14(10-13)19(2,3)12-21-18(22)16-11-15(20)8-9-17(16)23-4/h5-11H,12H2,1-4H3,(H,21,22). The van der Waals surface area contributed by atoms with Gasteiger partial charge in [-0.3, -0.25) is 4.79 Å². The highest BCUT2D eigenvalue weighted by atomic mass is 19.1. The molecule has 0 heterocycles. The van der Waals surface area contributed by atoms with Crippen molar-refractivity contribution in [3.05, 3.63) is 65.0 Å². The van der Waals surface area contributed by atoms with Crippen molar-refractivity contribution in [1.82, 2.24) is 5.32 Å². The van der Waals surface area contributed by atoms with Gasteiger partial charge in [0.2, 0.25) is 0 Å². The molecule has 1 N–H and O–H groups in total. The van der Waals surface area contributed by atoms with Gasteiger partial charge in [0.25, 0.3) is 5.91 Å². The molecule has 0 radical (unpaired) electrons. The van der Waals surface area contributed by atoms with E-state index in [2.05, 4.69) is 25.2 Å². The number of benzene rings is 2. The Morgan fingerprint density at radius 2 is 1.96 bits per heavy atom. The molecular formula is C19H22FNO2. The molecule has 122 valence electrons. The van der Waals surface area contributed by atoms with Crippen LogP contribution in [0.5, 0.6) is 5.75 Å². The van der Waals surface area contributed by atoms with E-state index in [0.717, 1.165) is 5.56 Å². The molecule has 3 nitrogen and oxygen atoms in total. The van der Waals surface area contributed by atoms with Crippen LogP contribution in [0.15, 0.2) is 42.5 Å². The lowest BCUT2D eigenvalue weighted by molar-refractivity contribution is 0.0942. The minimum atomic E-state index is -0.464. The van der Waals surface area contributed by atoms with Gasteiger partial charge in [-0.1, -0.05) is 43.7 Å². The van der Waals surface area contributed by atoms with Gasteiger partial charge in [0.1, 0.15) is 11.6 Å². The minimum Gasteiger partial charge on any atom is -0.496 e. The van der Waals surface area contributed by atoms with E-state index in [9.17, 15) is 9.18 Å².